The number of amides is 1. The molecule has 0 radical (unpaired) electrons. The summed E-state index contributed by atoms with van der Waals surface area (Å²) in [5.74, 6) is 0.913. The SMILES string of the molecule is Cc1cccc(C2CCCN2C(=O)CCc2nc3cc(S(=O)(=O)N(C)C)ccc3n2C)c1. The number of likely N-dealkylation sites (tertiary alicyclic amines) is 1. The molecule has 3 aromatic rings. The molecule has 7 nitrogen and oxygen atoms in total. The summed E-state index contributed by atoms with van der Waals surface area (Å²) in [7, 11) is 1.40. The van der Waals surface area contributed by atoms with Crippen LogP contribution in [-0.2, 0) is 28.3 Å². The van der Waals surface area contributed by atoms with Crippen molar-refractivity contribution < 1.29 is 13.2 Å². The minimum Gasteiger partial charge on any atom is -0.336 e. The van der Waals surface area contributed by atoms with Crippen molar-refractivity contribution in [1.82, 2.24) is 18.8 Å². The topological polar surface area (TPSA) is 75.5 Å². The molecule has 1 saturated heterocycles. The van der Waals surface area contributed by atoms with Crippen molar-refractivity contribution in [2.75, 3.05) is 20.6 Å². The Morgan fingerprint density at radius 3 is 2.69 bits per heavy atom. The van der Waals surface area contributed by atoms with Gasteiger partial charge in [-0.15, -0.1) is 0 Å². The van der Waals surface area contributed by atoms with Gasteiger partial charge in [-0.2, -0.15) is 0 Å². The molecule has 1 aromatic heterocycles. The van der Waals surface area contributed by atoms with Crippen LogP contribution in [0.4, 0.5) is 0 Å². The number of hydrogen-bond donors (Lipinski definition) is 0. The molecule has 0 aliphatic carbocycles. The first-order valence-corrected chi connectivity index (χ1v) is 12.4. The summed E-state index contributed by atoms with van der Waals surface area (Å²) in [6.45, 7) is 2.86. The third kappa shape index (κ3) is 4.17. The lowest BCUT2D eigenvalue weighted by Crippen LogP contribution is -2.30. The number of imidazole rings is 1. The summed E-state index contributed by atoms with van der Waals surface area (Å²) in [6.07, 6.45) is 2.89. The van der Waals surface area contributed by atoms with Crippen LogP contribution in [0.3, 0.4) is 0 Å². The number of aromatic nitrogens is 2. The molecule has 1 aliphatic heterocycles. The Bertz CT molecular complexity index is 1260. The first-order valence-electron chi connectivity index (χ1n) is 10.9. The van der Waals surface area contributed by atoms with E-state index in [9.17, 15) is 13.2 Å². The molecule has 2 aromatic carbocycles. The van der Waals surface area contributed by atoms with Gasteiger partial charge >= 0.3 is 0 Å². The van der Waals surface area contributed by atoms with Gasteiger partial charge in [0.15, 0.2) is 0 Å². The molecule has 170 valence electrons. The molecule has 0 saturated carbocycles. The van der Waals surface area contributed by atoms with Gasteiger partial charge in [0.05, 0.1) is 22.0 Å². The van der Waals surface area contributed by atoms with E-state index < -0.39 is 10.0 Å². The van der Waals surface area contributed by atoms with E-state index in [0.29, 0.717) is 18.4 Å². The molecule has 0 bridgehead atoms. The van der Waals surface area contributed by atoms with Crippen LogP contribution in [0.15, 0.2) is 47.4 Å². The zero-order valence-corrected chi connectivity index (χ0v) is 19.9. The predicted molar refractivity (Wildman–Crippen MR) is 125 cm³/mol. The molecule has 1 amide bonds. The fourth-order valence-corrected chi connectivity index (χ4v) is 5.40. The van der Waals surface area contributed by atoms with Gasteiger partial charge in [0.2, 0.25) is 15.9 Å². The molecular formula is C24H30N4O3S. The highest BCUT2D eigenvalue weighted by Crippen LogP contribution is 2.33. The van der Waals surface area contributed by atoms with Gasteiger partial charge in [0.1, 0.15) is 5.82 Å². The summed E-state index contributed by atoms with van der Waals surface area (Å²) in [6, 6.07) is 13.5. The Balaban J connectivity index is 1.51. The summed E-state index contributed by atoms with van der Waals surface area (Å²) in [5, 5.41) is 0. The maximum atomic E-state index is 13.1. The number of fused-ring (bicyclic) bond motifs is 1. The molecule has 1 fully saturated rings. The number of hydrogen-bond acceptors (Lipinski definition) is 4. The van der Waals surface area contributed by atoms with Crippen LogP contribution in [0.5, 0.6) is 0 Å². The van der Waals surface area contributed by atoms with Crippen LogP contribution in [0.1, 0.15) is 42.3 Å². The number of rotatable bonds is 6. The highest BCUT2D eigenvalue weighted by Gasteiger charge is 2.30. The second kappa shape index (κ2) is 8.67. The van der Waals surface area contributed by atoms with Crippen LogP contribution in [0.25, 0.3) is 11.0 Å². The van der Waals surface area contributed by atoms with Crippen LogP contribution < -0.4 is 0 Å². The average molecular weight is 455 g/mol. The van der Waals surface area contributed by atoms with E-state index in [1.807, 2.05) is 16.5 Å². The van der Waals surface area contributed by atoms with Crippen LogP contribution >= 0.6 is 0 Å². The molecule has 0 N–H and O–H groups in total. The molecule has 1 aliphatic rings. The van der Waals surface area contributed by atoms with Gasteiger partial charge in [0.25, 0.3) is 0 Å². The van der Waals surface area contributed by atoms with E-state index in [4.69, 9.17) is 0 Å². The number of aryl methyl sites for hydroxylation is 3. The molecule has 8 heteroatoms. The Hall–Kier alpha value is -2.71. The Morgan fingerprint density at radius 1 is 1.19 bits per heavy atom. The number of sulfonamides is 1. The van der Waals surface area contributed by atoms with Gasteiger partial charge in [-0.3, -0.25) is 4.79 Å². The van der Waals surface area contributed by atoms with E-state index in [-0.39, 0.29) is 16.8 Å². The maximum Gasteiger partial charge on any atom is 0.242 e. The fraction of sp³-hybridized carbons (Fsp3) is 0.417. The van der Waals surface area contributed by atoms with Crippen molar-refractivity contribution in [1.29, 1.82) is 0 Å². The Morgan fingerprint density at radius 2 is 1.97 bits per heavy atom. The van der Waals surface area contributed by atoms with Gasteiger partial charge in [0, 0.05) is 40.5 Å². The van der Waals surface area contributed by atoms with Gasteiger partial charge < -0.3 is 9.47 Å². The second-order valence-corrected chi connectivity index (χ2v) is 10.8. The normalized spacial score (nSPS) is 16.9. The highest BCUT2D eigenvalue weighted by atomic mass is 32.2. The molecule has 1 unspecified atom stereocenters. The van der Waals surface area contributed by atoms with Crippen LogP contribution in [0, 0.1) is 6.92 Å². The maximum absolute atomic E-state index is 13.1. The van der Waals surface area contributed by atoms with Crippen molar-refractivity contribution in [2.45, 2.75) is 43.5 Å². The molecule has 0 spiro atoms. The van der Waals surface area contributed by atoms with E-state index in [1.165, 1.54) is 29.5 Å². The van der Waals surface area contributed by atoms with Crippen LogP contribution in [0.2, 0.25) is 0 Å². The predicted octanol–water partition coefficient (Wildman–Crippen LogP) is 3.43. The first kappa shape index (κ1) is 22.5. The standard InChI is InChI=1S/C24H30N4O3S/c1-17-7-5-8-18(15-17)21-9-6-14-28(21)24(29)13-12-23-25-20-16-19(32(30,31)26(2)3)10-11-22(20)27(23)4/h5,7-8,10-11,15-16,21H,6,9,12-14H2,1-4H3. The van der Waals surface area contributed by atoms with E-state index in [2.05, 4.69) is 36.2 Å². The van der Waals surface area contributed by atoms with Gasteiger partial charge in [-0.05, 0) is 43.5 Å². The minimum absolute atomic E-state index is 0.136. The Labute approximate surface area is 189 Å². The zero-order valence-electron chi connectivity index (χ0n) is 19.1. The number of carbonyl (C=O) groups excluding carboxylic acids is 1. The monoisotopic (exact) mass is 454 g/mol. The van der Waals surface area contributed by atoms with E-state index >= 15 is 0 Å². The van der Waals surface area contributed by atoms with Crippen LogP contribution in [-0.4, -0.2) is 53.7 Å². The van der Waals surface area contributed by atoms with Crippen molar-refractivity contribution in [3.63, 3.8) is 0 Å². The molecule has 32 heavy (non-hydrogen) atoms. The second-order valence-electron chi connectivity index (χ2n) is 8.68. The van der Waals surface area contributed by atoms with Crippen molar-refractivity contribution in [3.05, 3.63) is 59.4 Å². The number of carbonyl (C=O) groups is 1. The molecule has 4 rings (SSSR count). The summed E-state index contributed by atoms with van der Waals surface area (Å²) in [5.41, 5.74) is 3.88. The van der Waals surface area contributed by atoms with Gasteiger partial charge in [-0.25, -0.2) is 17.7 Å². The van der Waals surface area contributed by atoms with Crippen molar-refractivity contribution in [3.8, 4) is 0 Å². The lowest BCUT2D eigenvalue weighted by molar-refractivity contribution is -0.132. The van der Waals surface area contributed by atoms with E-state index in [0.717, 1.165) is 30.7 Å². The molecule has 2 heterocycles. The molecular weight excluding hydrogens is 424 g/mol. The number of nitrogens with zero attached hydrogens (tertiary/aromatic N) is 4. The zero-order chi connectivity index (χ0) is 23.0. The fourth-order valence-electron chi connectivity index (χ4n) is 4.48. The Kier molecular flexibility index (Phi) is 6.09. The highest BCUT2D eigenvalue weighted by molar-refractivity contribution is 7.89. The summed E-state index contributed by atoms with van der Waals surface area (Å²) >= 11 is 0. The average Bonchev–Trinajstić information content (AvgIpc) is 3.37. The first-order chi connectivity index (χ1) is 15.2. The van der Waals surface area contributed by atoms with E-state index in [1.54, 1.807) is 18.2 Å². The molecule has 1 atom stereocenters. The smallest absolute Gasteiger partial charge is 0.242 e. The van der Waals surface area contributed by atoms with Crippen molar-refractivity contribution >= 4 is 27.0 Å². The number of benzene rings is 2. The quantitative estimate of drug-likeness (QED) is 0.572. The summed E-state index contributed by atoms with van der Waals surface area (Å²) < 4.78 is 28.0. The van der Waals surface area contributed by atoms with Gasteiger partial charge in [-0.1, -0.05) is 29.8 Å². The lowest BCUT2D eigenvalue weighted by atomic mass is 10.0. The largest absolute Gasteiger partial charge is 0.336 e. The van der Waals surface area contributed by atoms with Crippen molar-refractivity contribution in [2.24, 2.45) is 7.05 Å². The minimum atomic E-state index is -3.52. The lowest BCUT2D eigenvalue weighted by Gasteiger charge is -2.25. The summed E-state index contributed by atoms with van der Waals surface area (Å²) in [4.78, 5) is 19.9. The third-order valence-electron chi connectivity index (χ3n) is 6.29. The third-order valence-corrected chi connectivity index (χ3v) is 8.10.